The number of carbonyl (C=O) groups excluding carboxylic acids is 1. The van der Waals surface area contributed by atoms with Crippen molar-refractivity contribution in [1.82, 2.24) is 0 Å². The quantitative estimate of drug-likeness (QED) is 0.601. The summed E-state index contributed by atoms with van der Waals surface area (Å²) < 4.78 is 6.65. The fourth-order valence-corrected chi connectivity index (χ4v) is 3.27. The van der Waals surface area contributed by atoms with Gasteiger partial charge in [-0.1, -0.05) is 42.8 Å². The van der Waals surface area contributed by atoms with Crippen LogP contribution in [0.2, 0.25) is 0 Å². The lowest BCUT2D eigenvalue weighted by molar-refractivity contribution is 0.0531. The van der Waals surface area contributed by atoms with Crippen LogP contribution in [0.3, 0.4) is 0 Å². The number of fused-ring (bicyclic) bond motifs is 1. The maximum atomic E-state index is 12.8. The number of nitrogens with zero attached hydrogens (tertiary/aromatic N) is 1. The molecular formula is C18H26BrNO2. The molecule has 0 radical (unpaired) electrons. The Hall–Kier alpha value is -1.03. The summed E-state index contributed by atoms with van der Waals surface area (Å²) in [6, 6.07) is 6.28. The van der Waals surface area contributed by atoms with Gasteiger partial charge in [0, 0.05) is 10.5 Å². The summed E-state index contributed by atoms with van der Waals surface area (Å²) in [6.45, 7) is 12.3. The van der Waals surface area contributed by atoms with E-state index in [2.05, 4.69) is 42.8 Å². The lowest BCUT2D eigenvalue weighted by atomic mass is 9.79. The second kappa shape index (κ2) is 5.88. The number of rotatable bonds is 0. The summed E-state index contributed by atoms with van der Waals surface area (Å²) in [5.41, 5.74) is 1.67. The molecule has 1 aliphatic rings. The van der Waals surface area contributed by atoms with E-state index < -0.39 is 5.60 Å². The zero-order valence-electron chi connectivity index (χ0n) is 14.4. The number of ether oxygens (including phenoxy) is 1. The Morgan fingerprint density at radius 2 is 1.86 bits per heavy atom. The van der Waals surface area contributed by atoms with Gasteiger partial charge < -0.3 is 4.74 Å². The summed E-state index contributed by atoms with van der Waals surface area (Å²) in [4.78, 5) is 14.7. The predicted molar refractivity (Wildman–Crippen MR) is 94.4 cm³/mol. The standard InChI is InChI=1S/C18H26BrNO2/c1-17(2,3)15-10-8-12-7-9-13(19)11-14(12)20(15)16(21)22-18(4,5)6/h7,9,11,15H,8,10H2,1-6H3. The average molecular weight is 368 g/mol. The van der Waals surface area contributed by atoms with Crippen LogP contribution < -0.4 is 4.90 Å². The van der Waals surface area contributed by atoms with Gasteiger partial charge in [0.05, 0.1) is 5.69 Å². The number of hydrogen-bond donors (Lipinski definition) is 0. The van der Waals surface area contributed by atoms with Gasteiger partial charge in [0.25, 0.3) is 0 Å². The van der Waals surface area contributed by atoms with E-state index in [0.29, 0.717) is 0 Å². The first-order valence-electron chi connectivity index (χ1n) is 7.80. The van der Waals surface area contributed by atoms with E-state index in [-0.39, 0.29) is 17.6 Å². The van der Waals surface area contributed by atoms with Gasteiger partial charge in [-0.2, -0.15) is 0 Å². The Balaban J connectivity index is 2.47. The number of hydrogen-bond acceptors (Lipinski definition) is 2. The van der Waals surface area contributed by atoms with Crippen molar-refractivity contribution in [3.8, 4) is 0 Å². The lowest BCUT2D eigenvalue weighted by Crippen LogP contribution is -2.51. The Kier molecular flexibility index (Phi) is 4.63. The molecule has 1 aromatic carbocycles. The zero-order valence-corrected chi connectivity index (χ0v) is 16.0. The minimum Gasteiger partial charge on any atom is -0.443 e. The summed E-state index contributed by atoms with van der Waals surface area (Å²) in [5.74, 6) is 0. The van der Waals surface area contributed by atoms with Crippen LogP contribution in [0.15, 0.2) is 22.7 Å². The molecule has 0 aliphatic carbocycles. The van der Waals surface area contributed by atoms with E-state index in [1.807, 2.05) is 37.8 Å². The largest absolute Gasteiger partial charge is 0.443 e. The first kappa shape index (κ1) is 17.3. The molecule has 0 aromatic heterocycles. The van der Waals surface area contributed by atoms with Gasteiger partial charge in [-0.15, -0.1) is 0 Å². The van der Waals surface area contributed by atoms with Crippen molar-refractivity contribution < 1.29 is 9.53 Å². The Morgan fingerprint density at radius 3 is 2.41 bits per heavy atom. The second-order valence-corrected chi connectivity index (χ2v) is 8.96. The molecule has 1 atom stereocenters. The summed E-state index contributed by atoms with van der Waals surface area (Å²) in [6.07, 6.45) is 1.69. The Bertz CT molecular complexity index is 569. The van der Waals surface area contributed by atoms with E-state index in [1.165, 1.54) is 5.56 Å². The number of halogens is 1. The second-order valence-electron chi connectivity index (χ2n) is 8.04. The van der Waals surface area contributed by atoms with Gasteiger partial charge in [-0.05, 0) is 56.7 Å². The van der Waals surface area contributed by atoms with Gasteiger partial charge in [0.2, 0.25) is 0 Å². The fourth-order valence-electron chi connectivity index (χ4n) is 2.92. The van der Waals surface area contributed by atoms with E-state index in [1.54, 1.807) is 0 Å². The molecular weight excluding hydrogens is 342 g/mol. The highest BCUT2D eigenvalue weighted by molar-refractivity contribution is 9.10. The van der Waals surface area contributed by atoms with Crippen molar-refractivity contribution in [3.05, 3.63) is 28.2 Å². The van der Waals surface area contributed by atoms with Crippen LogP contribution in [0, 0.1) is 5.41 Å². The third kappa shape index (κ3) is 3.83. The molecule has 1 heterocycles. The van der Waals surface area contributed by atoms with E-state index in [0.717, 1.165) is 23.0 Å². The smallest absolute Gasteiger partial charge is 0.415 e. The predicted octanol–water partition coefficient (Wildman–Crippen LogP) is 5.55. The number of amides is 1. The Labute approximate surface area is 142 Å². The third-order valence-corrected chi connectivity index (χ3v) is 4.39. The monoisotopic (exact) mass is 367 g/mol. The fraction of sp³-hybridized carbons (Fsp3) is 0.611. The third-order valence-electron chi connectivity index (χ3n) is 3.90. The molecule has 2 rings (SSSR count). The molecule has 4 heteroatoms. The molecule has 0 N–H and O–H groups in total. The molecule has 0 fully saturated rings. The molecule has 0 bridgehead atoms. The summed E-state index contributed by atoms with van der Waals surface area (Å²) in [7, 11) is 0. The first-order valence-corrected chi connectivity index (χ1v) is 8.59. The highest BCUT2D eigenvalue weighted by atomic mass is 79.9. The SMILES string of the molecule is CC(C)(C)OC(=O)N1c2cc(Br)ccc2CCC1C(C)(C)C. The van der Waals surface area contributed by atoms with E-state index in [4.69, 9.17) is 4.74 Å². The van der Waals surface area contributed by atoms with Crippen molar-refractivity contribution in [3.63, 3.8) is 0 Å². The van der Waals surface area contributed by atoms with Crippen LogP contribution >= 0.6 is 15.9 Å². The number of carbonyl (C=O) groups is 1. The zero-order chi connectivity index (χ0) is 16.7. The molecule has 0 spiro atoms. The lowest BCUT2D eigenvalue weighted by Gasteiger charge is -2.44. The van der Waals surface area contributed by atoms with Crippen LogP contribution in [0.4, 0.5) is 10.5 Å². The minimum atomic E-state index is -0.497. The molecule has 1 unspecified atom stereocenters. The Morgan fingerprint density at radius 1 is 1.23 bits per heavy atom. The normalized spacial score (nSPS) is 18.9. The molecule has 1 aromatic rings. The van der Waals surface area contributed by atoms with Crippen LogP contribution in [-0.2, 0) is 11.2 Å². The van der Waals surface area contributed by atoms with Crippen LogP contribution in [-0.4, -0.2) is 17.7 Å². The minimum absolute atomic E-state index is 0.00306. The molecule has 0 saturated carbocycles. The molecule has 0 saturated heterocycles. The van der Waals surface area contributed by atoms with E-state index >= 15 is 0 Å². The number of aryl methyl sites for hydroxylation is 1. The summed E-state index contributed by atoms with van der Waals surface area (Å²) >= 11 is 3.52. The molecule has 3 nitrogen and oxygen atoms in total. The van der Waals surface area contributed by atoms with Gasteiger partial charge in [0.15, 0.2) is 0 Å². The van der Waals surface area contributed by atoms with Crippen molar-refractivity contribution in [1.29, 1.82) is 0 Å². The van der Waals surface area contributed by atoms with Crippen molar-refractivity contribution in [2.75, 3.05) is 4.90 Å². The molecule has 1 amide bonds. The highest BCUT2D eigenvalue weighted by Gasteiger charge is 2.40. The maximum Gasteiger partial charge on any atom is 0.415 e. The van der Waals surface area contributed by atoms with Gasteiger partial charge in [-0.3, -0.25) is 4.90 Å². The van der Waals surface area contributed by atoms with Crippen LogP contribution in [0.25, 0.3) is 0 Å². The average Bonchev–Trinajstić information content (AvgIpc) is 2.33. The molecule has 22 heavy (non-hydrogen) atoms. The van der Waals surface area contributed by atoms with Crippen LogP contribution in [0.5, 0.6) is 0 Å². The van der Waals surface area contributed by atoms with Crippen molar-refractivity contribution in [2.45, 2.75) is 66.0 Å². The first-order chi connectivity index (χ1) is 9.99. The van der Waals surface area contributed by atoms with Crippen LogP contribution in [0.1, 0.15) is 53.5 Å². The highest BCUT2D eigenvalue weighted by Crippen LogP contribution is 2.40. The van der Waals surface area contributed by atoms with Gasteiger partial charge in [0.1, 0.15) is 5.60 Å². The van der Waals surface area contributed by atoms with Crippen molar-refractivity contribution >= 4 is 27.7 Å². The van der Waals surface area contributed by atoms with Crippen molar-refractivity contribution in [2.24, 2.45) is 5.41 Å². The maximum absolute atomic E-state index is 12.8. The molecule has 122 valence electrons. The number of benzene rings is 1. The molecule has 1 aliphatic heterocycles. The van der Waals surface area contributed by atoms with Gasteiger partial charge in [-0.25, -0.2) is 4.79 Å². The number of anilines is 1. The topological polar surface area (TPSA) is 29.5 Å². The van der Waals surface area contributed by atoms with E-state index in [9.17, 15) is 4.79 Å². The summed E-state index contributed by atoms with van der Waals surface area (Å²) in [5, 5.41) is 0. The van der Waals surface area contributed by atoms with Gasteiger partial charge >= 0.3 is 6.09 Å².